The summed E-state index contributed by atoms with van der Waals surface area (Å²) < 4.78 is 6.84. The average molecular weight is 415 g/mol. The molecule has 0 spiro atoms. The van der Waals surface area contributed by atoms with Crippen molar-refractivity contribution in [2.75, 3.05) is 0 Å². The molecule has 0 N–H and O–H groups in total. The lowest BCUT2D eigenvalue weighted by atomic mass is 10.0. The highest BCUT2D eigenvalue weighted by Gasteiger charge is 2.02. The van der Waals surface area contributed by atoms with E-state index in [4.69, 9.17) is 10.00 Å². The molecule has 0 saturated carbocycles. The van der Waals surface area contributed by atoms with E-state index in [1.807, 2.05) is 54.6 Å². The molecule has 0 aromatic heterocycles. The molecule has 3 rings (SSSR count). The summed E-state index contributed by atoms with van der Waals surface area (Å²) in [6, 6.07) is 26.9. The Bertz CT molecular complexity index is 1020. The molecule has 0 saturated heterocycles. The number of hydrogen-bond acceptors (Lipinski definition) is 3. The standard InChI is InChI=1S/C23H15BrN2O/c24-22-9-3-19(4-10-22)16-27-23-11-5-17(6-12-23)13-21(15-26)20-7-1-18(14-25)2-8-20/h1-13H,16H2. The molecule has 0 heterocycles. The smallest absolute Gasteiger partial charge is 0.119 e. The molecule has 3 nitrogen and oxygen atoms in total. The summed E-state index contributed by atoms with van der Waals surface area (Å²) in [4.78, 5) is 0. The Hall–Kier alpha value is -3.34. The van der Waals surface area contributed by atoms with Crippen molar-refractivity contribution in [3.05, 3.63) is 99.5 Å². The van der Waals surface area contributed by atoms with Crippen LogP contribution < -0.4 is 4.74 Å². The van der Waals surface area contributed by atoms with Gasteiger partial charge in [-0.25, -0.2) is 0 Å². The van der Waals surface area contributed by atoms with Crippen LogP contribution in [0.2, 0.25) is 0 Å². The van der Waals surface area contributed by atoms with Gasteiger partial charge in [0.2, 0.25) is 0 Å². The lowest BCUT2D eigenvalue weighted by molar-refractivity contribution is 0.306. The third-order valence-corrected chi connectivity index (χ3v) is 4.48. The van der Waals surface area contributed by atoms with E-state index in [-0.39, 0.29) is 0 Å². The number of halogens is 1. The zero-order valence-electron chi connectivity index (χ0n) is 14.4. The van der Waals surface area contributed by atoms with E-state index in [1.54, 1.807) is 24.3 Å². The lowest BCUT2D eigenvalue weighted by Gasteiger charge is -2.07. The molecule has 3 aromatic rings. The normalized spacial score (nSPS) is 10.7. The molecule has 0 aliphatic carbocycles. The maximum absolute atomic E-state index is 9.44. The molecule has 0 atom stereocenters. The predicted molar refractivity (Wildman–Crippen MR) is 110 cm³/mol. The minimum atomic E-state index is 0.497. The average Bonchev–Trinajstić information content (AvgIpc) is 2.72. The second kappa shape index (κ2) is 8.85. The number of rotatable bonds is 5. The second-order valence-electron chi connectivity index (χ2n) is 5.84. The van der Waals surface area contributed by atoms with Gasteiger partial charge in [-0.1, -0.05) is 52.3 Å². The van der Waals surface area contributed by atoms with E-state index in [1.165, 1.54) is 0 Å². The summed E-state index contributed by atoms with van der Waals surface area (Å²) in [5.41, 5.74) is 3.90. The molecular formula is C23H15BrN2O. The van der Waals surface area contributed by atoms with E-state index in [0.717, 1.165) is 26.9 Å². The highest BCUT2D eigenvalue weighted by Crippen LogP contribution is 2.21. The van der Waals surface area contributed by atoms with Crippen LogP contribution in [0.1, 0.15) is 22.3 Å². The molecular weight excluding hydrogens is 400 g/mol. The minimum Gasteiger partial charge on any atom is -0.489 e. The van der Waals surface area contributed by atoms with Crippen LogP contribution in [0.15, 0.2) is 77.3 Å². The first-order valence-corrected chi connectivity index (χ1v) is 9.07. The highest BCUT2D eigenvalue weighted by molar-refractivity contribution is 9.10. The first kappa shape index (κ1) is 18.5. The van der Waals surface area contributed by atoms with Crippen molar-refractivity contribution in [2.24, 2.45) is 0 Å². The van der Waals surface area contributed by atoms with Gasteiger partial charge in [-0.15, -0.1) is 0 Å². The second-order valence-corrected chi connectivity index (χ2v) is 6.76. The Morgan fingerprint density at radius 3 is 2.15 bits per heavy atom. The number of allylic oxidation sites excluding steroid dienone is 1. The Labute approximate surface area is 166 Å². The van der Waals surface area contributed by atoms with Crippen LogP contribution in [-0.4, -0.2) is 0 Å². The van der Waals surface area contributed by atoms with Gasteiger partial charge in [-0.2, -0.15) is 10.5 Å². The van der Waals surface area contributed by atoms with Crippen molar-refractivity contribution < 1.29 is 4.74 Å². The molecule has 0 radical (unpaired) electrons. The zero-order chi connectivity index (χ0) is 19.1. The Morgan fingerprint density at radius 2 is 1.56 bits per heavy atom. The Kier molecular flexibility index (Phi) is 6.05. The molecule has 27 heavy (non-hydrogen) atoms. The number of nitriles is 2. The van der Waals surface area contributed by atoms with Gasteiger partial charge in [-0.3, -0.25) is 0 Å². The van der Waals surface area contributed by atoms with E-state index < -0.39 is 0 Å². The quantitative estimate of drug-likeness (QED) is 0.381. The van der Waals surface area contributed by atoms with E-state index in [9.17, 15) is 5.26 Å². The zero-order valence-corrected chi connectivity index (χ0v) is 16.0. The summed E-state index contributed by atoms with van der Waals surface area (Å²) in [5, 5.41) is 18.3. The minimum absolute atomic E-state index is 0.497. The van der Waals surface area contributed by atoms with Crippen LogP contribution >= 0.6 is 15.9 Å². The summed E-state index contributed by atoms with van der Waals surface area (Å²) in [5.74, 6) is 0.770. The van der Waals surface area contributed by atoms with Crippen LogP contribution in [0.25, 0.3) is 11.6 Å². The molecule has 0 aliphatic rings. The van der Waals surface area contributed by atoms with Crippen LogP contribution in [-0.2, 0) is 6.61 Å². The number of ether oxygens (including phenoxy) is 1. The summed E-state index contributed by atoms with van der Waals surface area (Å²) in [7, 11) is 0. The van der Waals surface area contributed by atoms with Gasteiger partial charge in [0.1, 0.15) is 12.4 Å². The van der Waals surface area contributed by atoms with E-state index >= 15 is 0 Å². The molecule has 4 heteroatoms. The first-order valence-electron chi connectivity index (χ1n) is 8.27. The third-order valence-electron chi connectivity index (χ3n) is 3.96. The van der Waals surface area contributed by atoms with Crippen molar-refractivity contribution >= 4 is 27.6 Å². The van der Waals surface area contributed by atoms with Crippen molar-refractivity contribution in [3.8, 4) is 17.9 Å². The van der Waals surface area contributed by atoms with Gasteiger partial charge in [0.15, 0.2) is 0 Å². The molecule has 0 unspecified atom stereocenters. The number of hydrogen-bond donors (Lipinski definition) is 0. The number of benzene rings is 3. The van der Waals surface area contributed by atoms with Crippen molar-refractivity contribution in [1.29, 1.82) is 10.5 Å². The highest BCUT2D eigenvalue weighted by atomic mass is 79.9. The van der Waals surface area contributed by atoms with Gasteiger partial charge >= 0.3 is 0 Å². The van der Waals surface area contributed by atoms with Crippen LogP contribution in [0.5, 0.6) is 5.75 Å². The molecule has 0 amide bonds. The van der Waals surface area contributed by atoms with Crippen molar-refractivity contribution in [3.63, 3.8) is 0 Å². The summed E-state index contributed by atoms with van der Waals surface area (Å²) >= 11 is 3.42. The van der Waals surface area contributed by atoms with Gasteiger partial charge in [0, 0.05) is 4.47 Å². The molecule has 3 aromatic carbocycles. The van der Waals surface area contributed by atoms with Crippen molar-refractivity contribution in [1.82, 2.24) is 0 Å². The predicted octanol–water partition coefficient (Wildman–Crippen LogP) is 5.96. The third kappa shape index (κ3) is 5.07. The lowest BCUT2D eigenvalue weighted by Crippen LogP contribution is -1.94. The van der Waals surface area contributed by atoms with E-state index in [0.29, 0.717) is 17.7 Å². The van der Waals surface area contributed by atoms with Gasteiger partial charge in [0.25, 0.3) is 0 Å². The number of nitrogens with zero attached hydrogens (tertiary/aromatic N) is 2. The monoisotopic (exact) mass is 414 g/mol. The topological polar surface area (TPSA) is 56.8 Å². The fourth-order valence-electron chi connectivity index (χ4n) is 2.48. The Morgan fingerprint density at radius 1 is 0.889 bits per heavy atom. The molecule has 130 valence electrons. The fourth-order valence-corrected chi connectivity index (χ4v) is 2.74. The largest absolute Gasteiger partial charge is 0.489 e. The van der Waals surface area contributed by atoms with E-state index in [2.05, 4.69) is 28.1 Å². The summed E-state index contributed by atoms with van der Waals surface area (Å²) in [6.07, 6.45) is 1.82. The van der Waals surface area contributed by atoms with Crippen LogP contribution in [0, 0.1) is 22.7 Å². The van der Waals surface area contributed by atoms with Gasteiger partial charge in [-0.05, 0) is 59.2 Å². The van der Waals surface area contributed by atoms with Crippen molar-refractivity contribution in [2.45, 2.75) is 6.61 Å². The first-order chi connectivity index (χ1) is 13.2. The van der Waals surface area contributed by atoms with Crippen LogP contribution in [0.4, 0.5) is 0 Å². The maximum atomic E-state index is 9.44. The maximum Gasteiger partial charge on any atom is 0.119 e. The Balaban J connectivity index is 1.69. The fraction of sp³-hybridized carbons (Fsp3) is 0.0435. The SMILES string of the molecule is N#CC(=Cc1ccc(OCc2ccc(Br)cc2)cc1)c1ccc(C#N)cc1. The molecule has 0 aliphatic heterocycles. The molecule has 0 fully saturated rings. The van der Waals surface area contributed by atoms with Gasteiger partial charge in [0.05, 0.1) is 23.3 Å². The van der Waals surface area contributed by atoms with Crippen LogP contribution in [0.3, 0.4) is 0 Å². The summed E-state index contributed by atoms with van der Waals surface area (Å²) in [6.45, 7) is 0.497. The van der Waals surface area contributed by atoms with Gasteiger partial charge < -0.3 is 4.74 Å². The molecule has 0 bridgehead atoms.